The molecule has 8 heteroatoms. The minimum absolute atomic E-state index is 0.0365. The number of methoxy groups -OCH3 is 1. The third kappa shape index (κ3) is 4.55. The van der Waals surface area contributed by atoms with Crippen LogP contribution in [0.1, 0.15) is 17.7 Å². The van der Waals surface area contributed by atoms with Crippen LogP contribution in [0.25, 0.3) is 21.5 Å². The Labute approximate surface area is 173 Å². The van der Waals surface area contributed by atoms with E-state index in [1.54, 1.807) is 7.11 Å². The lowest BCUT2D eigenvalue weighted by molar-refractivity contribution is 0.414. The van der Waals surface area contributed by atoms with Crippen molar-refractivity contribution in [1.82, 2.24) is 20.4 Å². The van der Waals surface area contributed by atoms with Crippen molar-refractivity contribution in [3.05, 3.63) is 53.7 Å². The van der Waals surface area contributed by atoms with Crippen molar-refractivity contribution in [2.24, 2.45) is 5.73 Å². The molecule has 0 aliphatic carbocycles. The van der Waals surface area contributed by atoms with Crippen molar-refractivity contribution in [2.75, 3.05) is 19.0 Å². The molecule has 0 aliphatic heterocycles. The van der Waals surface area contributed by atoms with E-state index in [0.717, 1.165) is 50.9 Å². The molecule has 1 atom stereocenters. The van der Waals surface area contributed by atoms with Gasteiger partial charge in [-0.3, -0.25) is 5.10 Å². The van der Waals surface area contributed by atoms with Gasteiger partial charge in [0.25, 0.3) is 0 Å². The normalized spacial score (nSPS) is 12.2. The number of H-pyrrole nitrogens is 1. The Morgan fingerprint density at radius 3 is 2.79 bits per heavy atom. The molecule has 0 fully saturated rings. The summed E-state index contributed by atoms with van der Waals surface area (Å²) in [6, 6.07) is 14.3. The molecule has 0 saturated carbocycles. The molecule has 2 aromatic heterocycles. The number of hydrogen-bond acceptors (Lipinski definition) is 7. The maximum Gasteiger partial charge on any atom is 0.206 e. The molecule has 2 aromatic carbocycles. The standard InChI is InChI=1S/C21H24N6OS/c1-13-18-11-15(6-10-19(18)25-24-13)20-26-27-21(29-20)23-12-16(22)7-3-14-4-8-17(28-2)9-5-14/h4-6,8-11,16H,3,7,12,22H2,1-2H3,(H,23,27)(H,24,25)/t16-/m1/s1. The van der Waals surface area contributed by atoms with Crippen LogP contribution in [0.3, 0.4) is 0 Å². The van der Waals surface area contributed by atoms with Crippen molar-refractivity contribution in [3.63, 3.8) is 0 Å². The Bertz CT molecular complexity index is 1090. The van der Waals surface area contributed by atoms with Gasteiger partial charge in [-0.2, -0.15) is 5.10 Å². The van der Waals surface area contributed by atoms with Gasteiger partial charge >= 0.3 is 0 Å². The highest BCUT2D eigenvalue weighted by Gasteiger charge is 2.11. The fourth-order valence-corrected chi connectivity index (χ4v) is 3.89. The first-order valence-corrected chi connectivity index (χ1v) is 10.3. The van der Waals surface area contributed by atoms with Gasteiger partial charge in [0.1, 0.15) is 10.8 Å². The maximum atomic E-state index is 6.27. The number of fused-ring (bicyclic) bond motifs is 1. The molecule has 4 N–H and O–H groups in total. The molecule has 7 nitrogen and oxygen atoms in total. The van der Waals surface area contributed by atoms with Crippen molar-refractivity contribution in [2.45, 2.75) is 25.8 Å². The fraction of sp³-hybridized carbons (Fsp3) is 0.286. The summed E-state index contributed by atoms with van der Waals surface area (Å²) >= 11 is 1.53. The molecule has 0 saturated heterocycles. The number of nitrogens with two attached hydrogens (primary N) is 1. The van der Waals surface area contributed by atoms with E-state index in [1.807, 2.05) is 31.2 Å². The van der Waals surface area contributed by atoms with E-state index in [4.69, 9.17) is 10.5 Å². The van der Waals surface area contributed by atoms with Gasteiger partial charge < -0.3 is 15.8 Å². The predicted molar refractivity (Wildman–Crippen MR) is 118 cm³/mol. The predicted octanol–water partition coefficient (Wildman–Crippen LogP) is 3.77. The van der Waals surface area contributed by atoms with Crippen LogP contribution in [0.4, 0.5) is 5.13 Å². The second kappa shape index (κ2) is 8.59. The average molecular weight is 409 g/mol. The highest BCUT2D eigenvalue weighted by Crippen LogP contribution is 2.29. The first kappa shape index (κ1) is 19.4. The molecule has 4 rings (SSSR count). The number of rotatable bonds is 8. The summed E-state index contributed by atoms with van der Waals surface area (Å²) in [7, 11) is 1.67. The lowest BCUT2D eigenvalue weighted by atomic mass is 10.1. The van der Waals surface area contributed by atoms with Crippen LogP contribution in [0.2, 0.25) is 0 Å². The second-order valence-electron chi connectivity index (χ2n) is 7.02. The van der Waals surface area contributed by atoms with Gasteiger partial charge in [-0.25, -0.2) is 0 Å². The Morgan fingerprint density at radius 2 is 2.00 bits per heavy atom. The minimum atomic E-state index is 0.0365. The highest BCUT2D eigenvalue weighted by molar-refractivity contribution is 7.18. The number of ether oxygens (including phenoxy) is 1. The number of anilines is 1. The number of nitrogens with one attached hydrogen (secondary N) is 2. The lowest BCUT2D eigenvalue weighted by Crippen LogP contribution is -2.29. The molecule has 0 aliphatic rings. The van der Waals surface area contributed by atoms with Gasteiger partial charge in [0.2, 0.25) is 5.13 Å². The zero-order chi connectivity index (χ0) is 20.2. The summed E-state index contributed by atoms with van der Waals surface area (Å²) in [4.78, 5) is 0. The van der Waals surface area contributed by atoms with Gasteiger partial charge in [0.05, 0.1) is 12.6 Å². The number of aromatic amines is 1. The zero-order valence-electron chi connectivity index (χ0n) is 16.5. The van der Waals surface area contributed by atoms with Crippen molar-refractivity contribution in [3.8, 4) is 16.3 Å². The van der Waals surface area contributed by atoms with E-state index >= 15 is 0 Å². The zero-order valence-corrected chi connectivity index (χ0v) is 17.3. The number of aryl methyl sites for hydroxylation is 2. The third-order valence-corrected chi connectivity index (χ3v) is 5.82. The fourth-order valence-electron chi connectivity index (χ4n) is 3.15. The molecule has 0 unspecified atom stereocenters. The number of benzene rings is 2. The Kier molecular flexibility index (Phi) is 5.73. The molecular formula is C21H24N6OS. The highest BCUT2D eigenvalue weighted by atomic mass is 32.1. The number of hydrogen-bond donors (Lipinski definition) is 3. The average Bonchev–Trinajstić information content (AvgIpc) is 3.38. The SMILES string of the molecule is COc1ccc(CC[C@@H](N)CNc2nnc(-c3ccc4n[nH]c(C)c4c3)s2)cc1. The summed E-state index contributed by atoms with van der Waals surface area (Å²) in [5.41, 5.74) is 10.6. The monoisotopic (exact) mass is 408 g/mol. The van der Waals surface area contributed by atoms with E-state index in [0.29, 0.717) is 6.54 Å². The van der Waals surface area contributed by atoms with Gasteiger partial charge in [-0.15, -0.1) is 10.2 Å². The first-order chi connectivity index (χ1) is 14.1. The minimum Gasteiger partial charge on any atom is -0.497 e. The van der Waals surface area contributed by atoms with Crippen molar-refractivity contribution in [1.29, 1.82) is 0 Å². The second-order valence-corrected chi connectivity index (χ2v) is 8.00. The Morgan fingerprint density at radius 1 is 1.17 bits per heavy atom. The smallest absolute Gasteiger partial charge is 0.206 e. The van der Waals surface area contributed by atoms with Gasteiger partial charge in [-0.05, 0) is 55.7 Å². The summed E-state index contributed by atoms with van der Waals surface area (Å²) in [6.45, 7) is 2.67. The number of aromatic nitrogens is 4. The van der Waals surface area contributed by atoms with Crippen LogP contribution in [-0.4, -0.2) is 40.1 Å². The molecule has 0 radical (unpaired) electrons. The lowest BCUT2D eigenvalue weighted by Gasteiger charge is -2.12. The first-order valence-electron chi connectivity index (χ1n) is 9.53. The van der Waals surface area contributed by atoms with E-state index in [-0.39, 0.29) is 6.04 Å². The van der Waals surface area contributed by atoms with E-state index in [1.165, 1.54) is 16.9 Å². The van der Waals surface area contributed by atoms with Gasteiger partial charge in [0.15, 0.2) is 0 Å². The molecule has 150 valence electrons. The molecule has 4 aromatic rings. The molecular weight excluding hydrogens is 384 g/mol. The largest absolute Gasteiger partial charge is 0.497 e. The van der Waals surface area contributed by atoms with Crippen LogP contribution >= 0.6 is 11.3 Å². The Hall–Kier alpha value is -2.97. The topological polar surface area (TPSA) is 102 Å². The molecule has 29 heavy (non-hydrogen) atoms. The molecule has 0 bridgehead atoms. The van der Waals surface area contributed by atoms with E-state index in [2.05, 4.69) is 43.9 Å². The molecule has 2 heterocycles. The summed E-state index contributed by atoms with van der Waals surface area (Å²) in [5.74, 6) is 0.869. The third-order valence-electron chi connectivity index (χ3n) is 4.89. The van der Waals surface area contributed by atoms with E-state index < -0.39 is 0 Å². The van der Waals surface area contributed by atoms with E-state index in [9.17, 15) is 0 Å². The van der Waals surface area contributed by atoms with Gasteiger partial charge in [0, 0.05) is 29.2 Å². The van der Waals surface area contributed by atoms with Crippen LogP contribution < -0.4 is 15.8 Å². The summed E-state index contributed by atoms with van der Waals surface area (Å²) in [6.07, 6.45) is 1.82. The summed E-state index contributed by atoms with van der Waals surface area (Å²) in [5, 5.41) is 21.9. The summed E-state index contributed by atoms with van der Waals surface area (Å²) < 4.78 is 5.19. The van der Waals surface area contributed by atoms with Gasteiger partial charge in [-0.1, -0.05) is 23.5 Å². The maximum absolute atomic E-state index is 6.27. The van der Waals surface area contributed by atoms with Crippen LogP contribution in [-0.2, 0) is 6.42 Å². The van der Waals surface area contributed by atoms with Crippen LogP contribution in [0.5, 0.6) is 5.75 Å². The molecule has 0 amide bonds. The number of nitrogens with zero attached hydrogens (tertiary/aromatic N) is 3. The quantitative estimate of drug-likeness (QED) is 0.410. The van der Waals surface area contributed by atoms with Crippen LogP contribution in [0.15, 0.2) is 42.5 Å². The van der Waals surface area contributed by atoms with Crippen molar-refractivity contribution < 1.29 is 4.74 Å². The molecule has 0 spiro atoms. The Balaban J connectivity index is 1.31. The van der Waals surface area contributed by atoms with Crippen molar-refractivity contribution >= 4 is 27.4 Å². The van der Waals surface area contributed by atoms with Crippen LogP contribution in [0, 0.1) is 6.92 Å².